The molecular formula is C19H22N2O4. The Bertz CT molecular complexity index is 915. The summed E-state index contributed by atoms with van der Waals surface area (Å²) < 4.78 is 1.24. The van der Waals surface area contributed by atoms with Crippen molar-refractivity contribution in [3.63, 3.8) is 0 Å². The van der Waals surface area contributed by atoms with Crippen molar-refractivity contribution >= 4 is 5.78 Å². The van der Waals surface area contributed by atoms with Crippen LogP contribution >= 0.6 is 0 Å². The molecule has 6 heteroatoms. The van der Waals surface area contributed by atoms with Gasteiger partial charge in [-0.25, -0.2) is 4.79 Å². The van der Waals surface area contributed by atoms with Crippen LogP contribution in [0.3, 0.4) is 0 Å². The number of carbonyl (C=O) groups excluding carboxylic acids is 1. The zero-order valence-electron chi connectivity index (χ0n) is 14.6. The first-order valence-corrected chi connectivity index (χ1v) is 8.13. The maximum atomic E-state index is 13.1. The summed E-state index contributed by atoms with van der Waals surface area (Å²) in [6.45, 7) is 5.47. The van der Waals surface area contributed by atoms with Gasteiger partial charge in [-0.05, 0) is 32.4 Å². The molecule has 6 nitrogen and oxygen atoms in total. The van der Waals surface area contributed by atoms with Crippen molar-refractivity contribution in [2.45, 2.75) is 33.7 Å². The monoisotopic (exact) mass is 342 g/mol. The van der Waals surface area contributed by atoms with Crippen LogP contribution in [-0.2, 0) is 13.0 Å². The Morgan fingerprint density at radius 2 is 1.80 bits per heavy atom. The van der Waals surface area contributed by atoms with E-state index >= 15 is 0 Å². The molecule has 0 aliphatic rings. The van der Waals surface area contributed by atoms with Gasteiger partial charge in [0.25, 0.3) is 5.56 Å². The summed E-state index contributed by atoms with van der Waals surface area (Å²) in [6.07, 6.45) is 3.39. The molecule has 0 aliphatic heterocycles. The summed E-state index contributed by atoms with van der Waals surface area (Å²) in [5.41, 5.74) is 1.50. The molecule has 0 atom stereocenters. The number of hydrogen-bond acceptors (Lipinski definition) is 4. The maximum Gasteiger partial charge on any atom is 0.329 e. The van der Waals surface area contributed by atoms with Gasteiger partial charge in [-0.3, -0.25) is 19.1 Å². The molecule has 0 fully saturated rings. The minimum Gasteiger partial charge on any atom is -0.392 e. The van der Waals surface area contributed by atoms with Gasteiger partial charge in [0.05, 0.1) is 6.61 Å². The number of allylic oxidation sites excluding steroid dienone is 1. The molecule has 2 aromatic rings. The van der Waals surface area contributed by atoms with Gasteiger partial charge in [-0.2, -0.15) is 0 Å². The summed E-state index contributed by atoms with van der Waals surface area (Å²) in [5, 5.41) is 8.88. The Hall–Kier alpha value is -2.73. The van der Waals surface area contributed by atoms with Crippen LogP contribution in [0.15, 0.2) is 39.9 Å². The molecular weight excluding hydrogens is 320 g/mol. The third kappa shape index (κ3) is 4.03. The molecule has 0 radical (unpaired) electrons. The molecule has 2 N–H and O–H groups in total. The quantitative estimate of drug-likeness (QED) is 0.615. The van der Waals surface area contributed by atoms with Crippen LogP contribution in [0, 0.1) is 13.8 Å². The van der Waals surface area contributed by atoms with Crippen LogP contribution in [0.4, 0.5) is 0 Å². The first-order chi connectivity index (χ1) is 11.9. The molecule has 1 heterocycles. The van der Waals surface area contributed by atoms with Gasteiger partial charge < -0.3 is 5.11 Å². The molecule has 25 heavy (non-hydrogen) atoms. The Kier molecular flexibility index (Phi) is 5.88. The molecule has 1 aromatic heterocycles. The largest absolute Gasteiger partial charge is 0.392 e. The first kappa shape index (κ1) is 18.6. The fraction of sp³-hybridized carbons (Fsp3) is 0.316. The number of rotatable bonds is 6. The van der Waals surface area contributed by atoms with Crippen molar-refractivity contribution in [1.29, 1.82) is 0 Å². The number of nitrogens with zero attached hydrogens (tertiary/aromatic N) is 1. The fourth-order valence-corrected chi connectivity index (χ4v) is 2.87. The van der Waals surface area contributed by atoms with Crippen LogP contribution in [0.5, 0.6) is 0 Å². The van der Waals surface area contributed by atoms with E-state index in [1.54, 1.807) is 25.1 Å². The molecule has 0 saturated heterocycles. The third-order valence-electron chi connectivity index (χ3n) is 3.91. The Morgan fingerprint density at radius 1 is 1.16 bits per heavy atom. The van der Waals surface area contributed by atoms with Gasteiger partial charge in [0.15, 0.2) is 0 Å². The summed E-state index contributed by atoms with van der Waals surface area (Å²) in [4.78, 5) is 39.8. The average molecular weight is 342 g/mol. The van der Waals surface area contributed by atoms with Gasteiger partial charge in [-0.1, -0.05) is 36.3 Å². The molecule has 0 aliphatic carbocycles. The van der Waals surface area contributed by atoms with Crippen LogP contribution < -0.4 is 11.2 Å². The molecule has 0 saturated carbocycles. The number of aromatic amines is 1. The van der Waals surface area contributed by atoms with E-state index in [9.17, 15) is 14.4 Å². The van der Waals surface area contributed by atoms with Crippen molar-refractivity contribution < 1.29 is 9.90 Å². The van der Waals surface area contributed by atoms with Crippen molar-refractivity contribution in [3.05, 3.63) is 79.1 Å². The maximum absolute atomic E-state index is 13.1. The van der Waals surface area contributed by atoms with Crippen LogP contribution in [0.25, 0.3) is 0 Å². The number of aliphatic hydroxyl groups is 1. The average Bonchev–Trinajstić information content (AvgIpc) is 2.55. The predicted molar refractivity (Wildman–Crippen MR) is 96.3 cm³/mol. The van der Waals surface area contributed by atoms with E-state index in [2.05, 4.69) is 4.98 Å². The number of carbonyl (C=O) groups is 1. The molecule has 2 rings (SSSR count). The standard InChI is InChI=1S/C19H22N2O4/c1-4-15-16(17(23)14-10-12(2)9-13(3)11-14)21(7-5-6-8-22)19(25)20-18(15)24/h5-6,9-11,22H,4,7-8H2,1-3H3,(H,20,24,25). The number of aliphatic hydroxyl groups excluding tert-OH is 1. The van der Waals surface area contributed by atoms with Crippen LogP contribution in [0.1, 0.15) is 39.7 Å². The summed E-state index contributed by atoms with van der Waals surface area (Å²) in [6, 6.07) is 5.44. The SMILES string of the molecule is CCc1c(C(=O)c2cc(C)cc(C)c2)n(CC=CCO)c(=O)[nH]c1=O. The van der Waals surface area contributed by atoms with E-state index in [4.69, 9.17) is 5.11 Å². The highest BCUT2D eigenvalue weighted by atomic mass is 16.2. The second-order valence-corrected chi connectivity index (χ2v) is 5.91. The van der Waals surface area contributed by atoms with Crippen LogP contribution in [0.2, 0.25) is 0 Å². The number of aromatic nitrogens is 2. The highest BCUT2D eigenvalue weighted by Crippen LogP contribution is 2.15. The lowest BCUT2D eigenvalue weighted by Crippen LogP contribution is -2.37. The predicted octanol–water partition coefficient (Wildman–Crippen LogP) is 1.50. The van der Waals surface area contributed by atoms with Gasteiger partial charge in [0.1, 0.15) is 5.69 Å². The van der Waals surface area contributed by atoms with Gasteiger partial charge in [0.2, 0.25) is 5.78 Å². The van der Waals surface area contributed by atoms with E-state index in [0.717, 1.165) is 11.1 Å². The number of ketones is 1. The molecule has 132 valence electrons. The Balaban J connectivity index is 2.72. The zero-order valence-corrected chi connectivity index (χ0v) is 14.6. The van der Waals surface area contributed by atoms with Gasteiger partial charge in [0, 0.05) is 17.7 Å². The van der Waals surface area contributed by atoms with E-state index in [1.807, 2.05) is 19.9 Å². The van der Waals surface area contributed by atoms with E-state index in [1.165, 1.54) is 10.6 Å². The summed E-state index contributed by atoms with van der Waals surface area (Å²) in [5.74, 6) is -0.357. The van der Waals surface area contributed by atoms with Crippen molar-refractivity contribution in [3.8, 4) is 0 Å². The lowest BCUT2D eigenvalue weighted by atomic mass is 9.99. The second-order valence-electron chi connectivity index (χ2n) is 5.91. The number of hydrogen-bond donors (Lipinski definition) is 2. The molecule has 0 bridgehead atoms. The summed E-state index contributed by atoms with van der Waals surface area (Å²) >= 11 is 0. The first-order valence-electron chi connectivity index (χ1n) is 8.13. The van der Waals surface area contributed by atoms with Crippen molar-refractivity contribution in [1.82, 2.24) is 9.55 Å². The van der Waals surface area contributed by atoms with E-state index in [-0.39, 0.29) is 30.2 Å². The van der Waals surface area contributed by atoms with Crippen LogP contribution in [-0.4, -0.2) is 27.0 Å². The highest BCUT2D eigenvalue weighted by Gasteiger charge is 2.21. The number of H-pyrrole nitrogens is 1. The number of benzene rings is 1. The molecule has 0 spiro atoms. The lowest BCUT2D eigenvalue weighted by molar-refractivity contribution is 0.102. The Labute approximate surface area is 145 Å². The van der Waals surface area contributed by atoms with Gasteiger partial charge in [-0.15, -0.1) is 0 Å². The van der Waals surface area contributed by atoms with Gasteiger partial charge >= 0.3 is 5.69 Å². The fourth-order valence-electron chi connectivity index (χ4n) is 2.87. The zero-order chi connectivity index (χ0) is 18.6. The smallest absolute Gasteiger partial charge is 0.329 e. The topological polar surface area (TPSA) is 92.2 Å². The van der Waals surface area contributed by atoms with Crippen molar-refractivity contribution in [2.24, 2.45) is 0 Å². The number of aryl methyl sites for hydroxylation is 2. The molecule has 0 unspecified atom stereocenters. The summed E-state index contributed by atoms with van der Waals surface area (Å²) in [7, 11) is 0. The second kappa shape index (κ2) is 7.90. The normalized spacial score (nSPS) is 11.2. The molecule has 0 amide bonds. The third-order valence-corrected chi connectivity index (χ3v) is 3.91. The number of nitrogens with one attached hydrogen (secondary N) is 1. The highest BCUT2D eigenvalue weighted by molar-refractivity contribution is 6.09. The van der Waals surface area contributed by atoms with E-state index in [0.29, 0.717) is 12.0 Å². The Morgan fingerprint density at radius 3 is 2.36 bits per heavy atom. The van der Waals surface area contributed by atoms with E-state index < -0.39 is 11.2 Å². The minimum absolute atomic E-state index is 0.0923. The molecule has 1 aromatic carbocycles. The minimum atomic E-state index is -0.641. The lowest BCUT2D eigenvalue weighted by Gasteiger charge is -2.14. The van der Waals surface area contributed by atoms with Crippen molar-refractivity contribution in [2.75, 3.05) is 6.61 Å².